The summed E-state index contributed by atoms with van der Waals surface area (Å²) in [5, 5.41) is 15.6. The predicted octanol–water partition coefficient (Wildman–Crippen LogP) is -0.499. The number of aliphatic hydroxyl groups excluding tert-OH is 1. The van der Waals surface area contributed by atoms with Crippen molar-refractivity contribution >= 4 is 5.91 Å². The summed E-state index contributed by atoms with van der Waals surface area (Å²) in [4.78, 5) is 12.5. The van der Waals surface area contributed by atoms with Gasteiger partial charge in [0.05, 0.1) is 18.6 Å². The molecule has 2 heterocycles. The number of carbonyl (C=O) groups excluding carboxylic acids is 1. The van der Waals surface area contributed by atoms with Crippen molar-refractivity contribution in [1.29, 1.82) is 0 Å². The molecule has 0 aromatic heterocycles. The molecule has 3 N–H and O–H groups in total. The standard InChI is InChI=1S/C13H22N2O3/c16-8-12(2-3-12)6-15-11(17)13-7-14-5-10(13)1-4-18-9-13/h10,14,16H,1-9H2,(H,15,17)/t10-,13+/m1/s1. The van der Waals surface area contributed by atoms with Crippen molar-refractivity contribution in [2.75, 3.05) is 39.5 Å². The summed E-state index contributed by atoms with van der Waals surface area (Å²) in [5.74, 6) is 0.507. The lowest BCUT2D eigenvalue weighted by atomic mass is 9.75. The van der Waals surface area contributed by atoms with Gasteiger partial charge in [-0.2, -0.15) is 0 Å². The Morgan fingerprint density at radius 1 is 1.50 bits per heavy atom. The van der Waals surface area contributed by atoms with Crippen molar-refractivity contribution in [2.24, 2.45) is 16.7 Å². The van der Waals surface area contributed by atoms with Crippen LogP contribution in [0.15, 0.2) is 0 Å². The van der Waals surface area contributed by atoms with Gasteiger partial charge < -0.3 is 20.5 Å². The molecule has 1 saturated carbocycles. The molecular formula is C13H22N2O3. The summed E-state index contributed by atoms with van der Waals surface area (Å²) in [7, 11) is 0. The Hall–Kier alpha value is -0.650. The molecule has 0 aromatic rings. The SMILES string of the molecule is O=C(NCC1(CO)CC1)[C@]12CNC[C@H]1CCOC2. The van der Waals surface area contributed by atoms with E-state index in [4.69, 9.17) is 4.74 Å². The molecule has 3 fully saturated rings. The van der Waals surface area contributed by atoms with Gasteiger partial charge in [0.25, 0.3) is 0 Å². The van der Waals surface area contributed by atoms with E-state index in [1.165, 1.54) is 0 Å². The number of hydrogen-bond acceptors (Lipinski definition) is 4. The largest absolute Gasteiger partial charge is 0.396 e. The molecular weight excluding hydrogens is 232 g/mol. The molecule has 1 amide bonds. The van der Waals surface area contributed by atoms with Crippen LogP contribution in [-0.2, 0) is 9.53 Å². The van der Waals surface area contributed by atoms with Crippen LogP contribution in [0.5, 0.6) is 0 Å². The Kier molecular flexibility index (Phi) is 3.08. The molecule has 2 atom stereocenters. The van der Waals surface area contributed by atoms with E-state index in [-0.39, 0.29) is 23.3 Å². The van der Waals surface area contributed by atoms with Gasteiger partial charge in [-0.1, -0.05) is 0 Å². The van der Waals surface area contributed by atoms with Gasteiger partial charge >= 0.3 is 0 Å². The van der Waals surface area contributed by atoms with E-state index in [0.717, 1.165) is 39.0 Å². The zero-order valence-corrected chi connectivity index (χ0v) is 10.7. The maximum Gasteiger partial charge on any atom is 0.230 e. The fourth-order valence-electron chi connectivity index (χ4n) is 3.18. The summed E-state index contributed by atoms with van der Waals surface area (Å²) in [6, 6.07) is 0. The van der Waals surface area contributed by atoms with Gasteiger partial charge in [0, 0.05) is 25.1 Å². The maximum absolute atomic E-state index is 12.5. The lowest BCUT2D eigenvalue weighted by Crippen LogP contribution is -2.52. The molecule has 3 rings (SSSR count). The van der Waals surface area contributed by atoms with E-state index in [1.54, 1.807) is 0 Å². The first-order valence-electron chi connectivity index (χ1n) is 6.88. The second kappa shape index (κ2) is 4.47. The van der Waals surface area contributed by atoms with Crippen molar-refractivity contribution in [1.82, 2.24) is 10.6 Å². The summed E-state index contributed by atoms with van der Waals surface area (Å²) in [6.07, 6.45) is 3.01. The van der Waals surface area contributed by atoms with Gasteiger partial charge in [0.1, 0.15) is 0 Å². The van der Waals surface area contributed by atoms with Crippen LogP contribution < -0.4 is 10.6 Å². The number of fused-ring (bicyclic) bond motifs is 1. The lowest BCUT2D eigenvalue weighted by Gasteiger charge is -2.37. The molecule has 2 saturated heterocycles. The van der Waals surface area contributed by atoms with Crippen LogP contribution in [0.3, 0.4) is 0 Å². The smallest absolute Gasteiger partial charge is 0.230 e. The zero-order chi connectivity index (χ0) is 12.6. The first-order valence-corrected chi connectivity index (χ1v) is 6.88. The van der Waals surface area contributed by atoms with E-state index in [2.05, 4.69) is 10.6 Å². The van der Waals surface area contributed by atoms with E-state index in [0.29, 0.717) is 19.1 Å². The Morgan fingerprint density at radius 2 is 2.33 bits per heavy atom. The molecule has 0 bridgehead atoms. The van der Waals surface area contributed by atoms with Crippen LogP contribution in [0.25, 0.3) is 0 Å². The summed E-state index contributed by atoms with van der Waals surface area (Å²) < 4.78 is 5.53. The van der Waals surface area contributed by atoms with E-state index in [1.807, 2.05) is 0 Å². The number of ether oxygens (including phenoxy) is 1. The Bertz CT molecular complexity index is 343. The molecule has 5 nitrogen and oxygen atoms in total. The minimum absolute atomic E-state index is 0.0245. The second-order valence-corrected chi connectivity index (χ2v) is 6.17. The third kappa shape index (κ3) is 1.94. The van der Waals surface area contributed by atoms with Crippen molar-refractivity contribution in [3.63, 3.8) is 0 Å². The number of aliphatic hydroxyl groups is 1. The van der Waals surface area contributed by atoms with Crippen molar-refractivity contribution < 1.29 is 14.6 Å². The van der Waals surface area contributed by atoms with Gasteiger partial charge in [0.2, 0.25) is 5.91 Å². The van der Waals surface area contributed by atoms with Crippen LogP contribution in [0.2, 0.25) is 0 Å². The molecule has 102 valence electrons. The van der Waals surface area contributed by atoms with Crippen LogP contribution in [0.4, 0.5) is 0 Å². The molecule has 0 aromatic carbocycles. The topological polar surface area (TPSA) is 70.6 Å². The quantitative estimate of drug-likeness (QED) is 0.632. The zero-order valence-electron chi connectivity index (χ0n) is 10.7. The van der Waals surface area contributed by atoms with Crippen LogP contribution in [0.1, 0.15) is 19.3 Å². The van der Waals surface area contributed by atoms with Crippen LogP contribution in [-0.4, -0.2) is 50.5 Å². The third-order valence-electron chi connectivity index (χ3n) is 4.95. The summed E-state index contributed by atoms with van der Waals surface area (Å²) >= 11 is 0. The lowest BCUT2D eigenvalue weighted by molar-refractivity contribution is -0.141. The van der Waals surface area contributed by atoms with Gasteiger partial charge in [-0.3, -0.25) is 4.79 Å². The molecule has 0 spiro atoms. The Morgan fingerprint density at radius 3 is 3.06 bits per heavy atom. The van der Waals surface area contributed by atoms with E-state index < -0.39 is 0 Å². The average molecular weight is 254 g/mol. The molecule has 0 radical (unpaired) electrons. The number of amides is 1. The highest BCUT2D eigenvalue weighted by molar-refractivity contribution is 5.84. The normalized spacial score (nSPS) is 37.1. The molecule has 3 aliphatic rings. The maximum atomic E-state index is 12.5. The number of nitrogens with one attached hydrogen (secondary N) is 2. The molecule has 18 heavy (non-hydrogen) atoms. The fourth-order valence-corrected chi connectivity index (χ4v) is 3.18. The van der Waals surface area contributed by atoms with Gasteiger partial charge in [-0.25, -0.2) is 0 Å². The van der Waals surface area contributed by atoms with Gasteiger partial charge in [-0.15, -0.1) is 0 Å². The predicted molar refractivity (Wildman–Crippen MR) is 66.0 cm³/mol. The first kappa shape index (κ1) is 12.4. The molecule has 2 aliphatic heterocycles. The second-order valence-electron chi connectivity index (χ2n) is 6.17. The Labute approximate surface area is 107 Å². The van der Waals surface area contributed by atoms with E-state index >= 15 is 0 Å². The highest BCUT2D eigenvalue weighted by atomic mass is 16.5. The average Bonchev–Trinajstić information content (AvgIpc) is 3.06. The molecule has 5 heteroatoms. The van der Waals surface area contributed by atoms with Gasteiger partial charge in [-0.05, 0) is 31.7 Å². The third-order valence-corrected chi connectivity index (χ3v) is 4.95. The highest BCUT2D eigenvalue weighted by Crippen LogP contribution is 2.45. The Balaban J connectivity index is 1.63. The molecule has 0 unspecified atom stereocenters. The molecule has 1 aliphatic carbocycles. The number of rotatable bonds is 4. The minimum atomic E-state index is -0.371. The summed E-state index contributed by atoms with van der Waals surface area (Å²) in [6.45, 7) is 3.72. The summed E-state index contributed by atoms with van der Waals surface area (Å²) in [5.41, 5.74) is -0.396. The van der Waals surface area contributed by atoms with Crippen molar-refractivity contribution in [3.8, 4) is 0 Å². The minimum Gasteiger partial charge on any atom is -0.396 e. The van der Waals surface area contributed by atoms with Crippen LogP contribution in [0, 0.1) is 16.7 Å². The van der Waals surface area contributed by atoms with E-state index in [9.17, 15) is 9.90 Å². The fraction of sp³-hybridized carbons (Fsp3) is 0.923. The van der Waals surface area contributed by atoms with Crippen LogP contribution >= 0.6 is 0 Å². The number of carbonyl (C=O) groups is 1. The number of hydrogen-bond donors (Lipinski definition) is 3. The van der Waals surface area contributed by atoms with Crippen molar-refractivity contribution in [2.45, 2.75) is 19.3 Å². The first-order chi connectivity index (χ1) is 8.71. The van der Waals surface area contributed by atoms with Gasteiger partial charge in [0.15, 0.2) is 0 Å². The highest BCUT2D eigenvalue weighted by Gasteiger charge is 2.52. The monoisotopic (exact) mass is 254 g/mol. The van der Waals surface area contributed by atoms with Crippen molar-refractivity contribution in [3.05, 3.63) is 0 Å².